The minimum atomic E-state index is -0.206. The Morgan fingerprint density at radius 2 is 2.14 bits per heavy atom. The first-order valence-corrected chi connectivity index (χ1v) is 8.10. The number of amides is 1. The van der Waals surface area contributed by atoms with Crippen LogP contribution in [0.5, 0.6) is 0 Å². The van der Waals surface area contributed by atoms with Gasteiger partial charge >= 0.3 is 0 Å². The summed E-state index contributed by atoms with van der Waals surface area (Å²) in [5, 5.41) is 10.2. The van der Waals surface area contributed by atoms with Gasteiger partial charge in [-0.3, -0.25) is 4.79 Å². The van der Waals surface area contributed by atoms with E-state index >= 15 is 0 Å². The molecule has 6 heteroatoms. The molecule has 6 nitrogen and oxygen atoms in total. The minimum absolute atomic E-state index is 0.109. The molecule has 2 fully saturated rings. The first-order valence-electron chi connectivity index (χ1n) is 8.10. The summed E-state index contributed by atoms with van der Waals surface area (Å²) in [5.74, 6) is 1.25. The molecular formula is C15H24N4O2. The van der Waals surface area contributed by atoms with Crippen molar-refractivity contribution in [3.05, 3.63) is 11.7 Å². The number of hydrogen-bond donors (Lipinski definition) is 2. The predicted molar refractivity (Wildman–Crippen MR) is 77.8 cm³/mol. The van der Waals surface area contributed by atoms with Gasteiger partial charge in [0.1, 0.15) is 0 Å². The molecule has 0 bridgehead atoms. The lowest BCUT2D eigenvalue weighted by Gasteiger charge is -2.14. The van der Waals surface area contributed by atoms with Gasteiger partial charge in [-0.05, 0) is 44.6 Å². The van der Waals surface area contributed by atoms with E-state index in [1.807, 2.05) is 0 Å². The molecule has 3 atom stereocenters. The lowest BCUT2D eigenvalue weighted by Crippen LogP contribution is -2.35. The second-order valence-electron chi connectivity index (χ2n) is 6.39. The van der Waals surface area contributed by atoms with Crippen LogP contribution in [0, 0.1) is 5.92 Å². The van der Waals surface area contributed by atoms with Crippen LogP contribution in [0.4, 0.5) is 0 Å². The van der Waals surface area contributed by atoms with Crippen LogP contribution in [0.2, 0.25) is 0 Å². The summed E-state index contributed by atoms with van der Waals surface area (Å²) in [5.41, 5.74) is 0. The number of carbonyl (C=O) groups is 1. The summed E-state index contributed by atoms with van der Waals surface area (Å²) in [7, 11) is 0. The lowest BCUT2D eigenvalue weighted by molar-refractivity contribution is 0.0919. The molecule has 0 radical (unpaired) electrons. The van der Waals surface area contributed by atoms with Crippen molar-refractivity contribution in [1.29, 1.82) is 0 Å². The molecule has 1 aromatic rings. The zero-order chi connectivity index (χ0) is 14.7. The average Bonchev–Trinajstić information content (AvgIpc) is 3.11. The molecule has 0 spiro atoms. The van der Waals surface area contributed by atoms with Crippen LogP contribution in [0.25, 0.3) is 0 Å². The smallest absolute Gasteiger partial charge is 0.292 e. The molecule has 1 saturated carbocycles. The first-order chi connectivity index (χ1) is 10.2. The average molecular weight is 292 g/mol. The maximum atomic E-state index is 12.2. The third kappa shape index (κ3) is 3.61. The van der Waals surface area contributed by atoms with Crippen molar-refractivity contribution in [2.75, 3.05) is 6.54 Å². The topological polar surface area (TPSA) is 80.0 Å². The van der Waals surface area contributed by atoms with Crippen LogP contribution in [-0.4, -0.2) is 28.6 Å². The van der Waals surface area contributed by atoms with Crippen molar-refractivity contribution in [3.63, 3.8) is 0 Å². The summed E-state index contributed by atoms with van der Waals surface area (Å²) >= 11 is 0. The van der Waals surface area contributed by atoms with Crippen molar-refractivity contribution >= 4 is 5.91 Å². The summed E-state index contributed by atoms with van der Waals surface area (Å²) in [6, 6.07) is 0.354. The van der Waals surface area contributed by atoms with Gasteiger partial charge in [-0.1, -0.05) is 24.9 Å². The number of nitrogens with zero attached hydrogens (tertiary/aromatic N) is 2. The standard InChI is InChI=1S/C15H24N4O2/c1-10-4-2-5-11(8-7-10)17-14(20)13-18-15(21-19-13)12-6-3-9-16-12/h10-12,16H,2-9H2,1H3,(H,17,20). The molecule has 1 amide bonds. The van der Waals surface area contributed by atoms with E-state index < -0.39 is 0 Å². The Kier molecular flexibility index (Phi) is 4.53. The number of hydrogen-bond acceptors (Lipinski definition) is 5. The maximum Gasteiger partial charge on any atom is 0.292 e. The fraction of sp³-hybridized carbons (Fsp3) is 0.800. The highest BCUT2D eigenvalue weighted by atomic mass is 16.5. The van der Waals surface area contributed by atoms with Gasteiger partial charge in [0, 0.05) is 6.04 Å². The molecule has 1 aliphatic carbocycles. The van der Waals surface area contributed by atoms with E-state index in [1.54, 1.807) is 0 Å². The van der Waals surface area contributed by atoms with Crippen LogP contribution >= 0.6 is 0 Å². The maximum absolute atomic E-state index is 12.2. The molecule has 0 aromatic carbocycles. The monoisotopic (exact) mass is 292 g/mol. The van der Waals surface area contributed by atoms with Crippen molar-refractivity contribution in [3.8, 4) is 0 Å². The van der Waals surface area contributed by atoms with E-state index in [-0.39, 0.29) is 23.8 Å². The minimum Gasteiger partial charge on any atom is -0.346 e. The molecule has 116 valence electrons. The second-order valence-corrected chi connectivity index (χ2v) is 6.39. The van der Waals surface area contributed by atoms with Crippen LogP contribution in [0.15, 0.2) is 4.52 Å². The molecule has 3 rings (SSSR count). The second kappa shape index (κ2) is 6.56. The molecule has 2 heterocycles. The molecule has 21 heavy (non-hydrogen) atoms. The molecule has 2 aliphatic rings. The predicted octanol–water partition coefficient (Wildman–Crippen LogP) is 2.19. The zero-order valence-corrected chi connectivity index (χ0v) is 12.6. The highest BCUT2D eigenvalue weighted by Crippen LogP contribution is 2.23. The SMILES string of the molecule is CC1CCCC(NC(=O)c2noc(C3CCCN3)n2)CC1. The quantitative estimate of drug-likeness (QED) is 0.835. The van der Waals surface area contributed by atoms with Gasteiger partial charge < -0.3 is 15.2 Å². The normalized spacial score (nSPS) is 30.0. The van der Waals surface area contributed by atoms with E-state index in [0.717, 1.165) is 38.1 Å². The van der Waals surface area contributed by atoms with Gasteiger partial charge in [0.25, 0.3) is 11.7 Å². The van der Waals surface area contributed by atoms with Crippen molar-refractivity contribution < 1.29 is 9.32 Å². The van der Waals surface area contributed by atoms with Crippen molar-refractivity contribution in [2.24, 2.45) is 5.92 Å². The van der Waals surface area contributed by atoms with Crippen LogP contribution in [0.3, 0.4) is 0 Å². The van der Waals surface area contributed by atoms with Crippen LogP contribution in [0.1, 0.15) is 74.4 Å². The Labute approximate surface area is 125 Å². The van der Waals surface area contributed by atoms with Crippen LogP contribution < -0.4 is 10.6 Å². The van der Waals surface area contributed by atoms with Crippen LogP contribution in [-0.2, 0) is 0 Å². The Morgan fingerprint density at radius 1 is 1.24 bits per heavy atom. The van der Waals surface area contributed by atoms with Gasteiger partial charge in [0.15, 0.2) is 0 Å². The molecule has 1 saturated heterocycles. The summed E-state index contributed by atoms with van der Waals surface area (Å²) in [6.45, 7) is 3.25. The fourth-order valence-corrected chi connectivity index (χ4v) is 3.25. The summed E-state index contributed by atoms with van der Waals surface area (Å²) < 4.78 is 5.22. The van der Waals surface area contributed by atoms with Gasteiger partial charge in [-0.2, -0.15) is 4.98 Å². The van der Waals surface area contributed by atoms with E-state index in [4.69, 9.17) is 4.52 Å². The van der Waals surface area contributed by atoms with Crippen molar-refractivity contribution in [1.82, 2.24) is 20.8 Å². The molecule has 1 aliphatic heterocycles. The van der Waals surface area contributed by atoms with Gasteiger partial charge in [0.05, 0.1) is 6.04 Å². The molecule has 1 aromatic heterocycles. The van der Waals surface area contributed by atoms with Crippen molar-refractivity contribution in [2.45, 2.75) is 64.0 Å². The van der Waals surface area contributed by atoms with E-state index in [1.165, 1.54) is 19.3 Å². The largest absolute Gasteiger partial charge is 0.346 e. The summed E-state index contributed by atoms with van der Waals surface area (Å²) in [4.78, 5) is 16.5. The third-order valence-electron chi connectivity index (χ3n) is 4.60. The first kappa shape index (κ1) is 14.5. The Balaban J connectivity index is 1.57. The Morgan fingerprint density at radius 3 is 2.95 bits per heavy atom. The summed E-state index contributed by atoms with van der Waals surface area (Å²) in [6.07, 6.45) is 7.79. The van der Waals surface area contributed by atoms with Gasteiger partial charge in [-0.15, -0.1) is 0 Å². The number of rotatable bonds is 3. The Bertz CT molecular complexity index is 482. The third-order valence-corrected chi connectivity index (χ3v) is 4.60. The van der Waals surface area contributed by atoms with E-state index in [0.29, 0.717) is 5.89 Å². The molecule has 2 N–H and O–H groups in total. The number of nitrogens with one attached hydrogen (secondary N) is 2. The molecule has 3 unspecified atom stereocenters. The zero-order valence-electron chi connectivity index (χ0n) is 12.6. The van der Waals surface area contributed by atoms with E-state index in [2.05, 4.69) is 27.7 Å². The fourth-order valence-electron chi connectivity index (χ4n) is 3.25. The lowest BCUT2D eigenvalue weighted by atomic mass is 10.0. The number of aromatic nitrogens is 2. The highest BCUT2D eigenvalue weighted by Gasteiger charge is 2.25. The Hall–Kier alpha value is -1.43. The molecular weight excluding hydrogens is 268 g/mol. The number of carbonyl (C=O) groups excluding carboxylic acids is 1. The van der Waals surface area contributed by atoms with E-state index in [9.17, 15) is 4.79 Å². The highest BCUT2D eigenvalue weighted by molar-refractivity contribution is 5.90. The van der Waals surface area contributed by atoms with Gasteiger partial charge in [0.2, 0.25) is 5.89 Å². The van der Waals surface area contributed by atoms with Gasteiger partial charge in [-0.25, -0.2) is 0 Å².